The van der Waals surface area contributed by atoms with Gasteiger partial charge in [-0.25, -0.2) is 4.98 Å². The zero-order valence-electron chi connectivity index (χ0n) is 10.9. The van der Waals surface area contributed by atoms with E-state index in [1.807, 2.05) is 11.7 Å². The first-order chi connectivity index (χ1) is 7.67. The standard InChI is InChI=1S/C12H24N4/c1-5-16-12(14-9-15-16)8-11(13-4)7-6-10(2)3/h9-11,13H,5-8H2,1-4H3. The van der Waals surface area contributed by atoms with E-state index in [0.29, 0.717) is 6.04 Å². The highest BCUT2D eigenvalue weighted by molar-refractivity contribution is 4.89. The predicted molar refractivity (Wildman–Crippen MR) is 66.3 cm³/mol. The van der Waals surface area contributed by atoms with Crippen LogP contribution in [-0.2, 0) is 13.0 Å². The van der Waals surface area contributed by atoms with Gasteiger partial charge in [0.25, 0.3) is 0 Å². The number of likely N-dealkylation sites (N-methyl/N-ethyl adjacent to an activating group) is 1. The molecule has 92 valence electrons. The number of nitrogens with zero attached hydrogens (tertiary/aromatic N) is 3. The molecule has 1 N–H and O–H groups in total. The Kier molecular flexibility index (Phi) is 5.46. The van der Waals surface area contributed by atoms with Crippen molar-refractivity contribution in [1.82, 2.24) is 20.1 Å². The molecule has 4 heteroatoms. The van der Waals surface area contributed by atoms with E-state index in [0.717, 1.165) is 24.7 Å². The smallest absolute Gasteiger partial charge is 0.138 e. The quantitative estimate of drug-likeness (QED) is 0.769. The van der Waals surface area contributed by atoms with Crippen molar-refractivity contribution >= 4 is 0 Å². The van der Waals surface area contributed by atoms with Gasteiger partial charge in [0.05, 0.1) is 0 Å². The van der Waals surface area contributed by atoms with E-state index in [2.05, 4.69) is 36.2 Å². The average molecular weight is 224 g/mol. The Morgan fingerprint density at radius 2 is 2.12 bits per heavy atom. The molecular formula is C12H24N4. The van der Waals surface area contributed by atoms with Gasteiger partial charge in [0.1, 0.15) is 12.2 Å². The number of rotatable bonds is 7. The van der Waals surface area contributed by atoms with Crippen LogP contribution in [0.15, 0.2) is 6.33 Å². The summed E-state index contributed by atoms with van der Waals surface area (Å²) < 4.78 is 1.97. The molecule has 0 amide bonds. The molecule has 0 aliphatic rings. The average Bonchev–Trinajstić information content (AvgIpc) is 2.70. The zero-order chi connectivity index (χ0) is 12.0. The molecule has 1 unspecified atom stereocenters. The summed E-state index contributed by atoms with van der Waals surface area (Å²) in [5, 5.41) is 7.56. The van der Waals surface area contributed by atoms with Crippen molar-refractivity contribution in [3.63, 3.8) is 0 Å². The van der Waals surface area contributed by atoms with Crippen LogP contribution in [0.1, 0.15) is 39.4 Å². The molecule has 0 saturated carbocycles. The molecule has 1 heterocycles. The first-order valence-electron chi connectivity index (χ1n) is 6.21. The van der Waals surface area contributed by atoms with Gasteiger partial charge in [0, 0.05) is 19.0 Å². The third kappa shape index (κ3) is 3.93. The van der Waals surface area contributed by atoms with Crippen molar-refractivity contribution in [3.05, 3.63) is 12.2 Å². The van der Waals surface area contributed by atoms with E-state index < -0.39 is 0 Å². The Labute approximate surface area is 98.5 Å². The van der Waals surface area contributed by atoms with Gasteiger partial charge in [0.15, 0.2) is 0 Å². The summed E-state index contributed by atoms with van der Waals surface area (Å²) in [4.78, 5) is 4.31. The van der Waals surface area contributed by atoms with Crippen molar-refractivity contribution in [2.45, 2.75) is 52.6 Å². The summed E-state index contributed by atoms with van der Waals surface area (Å²) in [7, 11) is 2.03. The van der Waals surface area contributed by atoms with Crippen molar-refractivity contribution < 1.29 is 0 Å². The van der Waals surface area contributed by atoms with Gasteiger partial charge in [-0.2, -0.15) is 5.10 Å². The number of aromatic nitrogens is 3. The van der Waals surface area contributed by atoms with Crippen molar-refractivity contribution in [2.75, 3.05) is 7.05 Å². The van der Waals surface area contributed by atoms with Gasteiger partial charge in [-0.15, -0.1) is 0 Å². The molecule has 0 radical (unpaired) electrons. The van der Waals surface area contributed by atoms with Crippen LogP contribution in [0.3, 0.4) is 0 Å². The lowest BCUT2D eigenvalue weighted by Crippen LogP contribution is -2.29. The molecule has 0 saturated heterocycles. The molecule has 0 fully saturated rings. The summed E-state index contributed by atoms with van der Waals surface area (Å²) in [6, 6.07) is 0.511. The first kappa shape index (κ1) is 13.2. The fourth-order valence-electron chi connectivity index (χ4n) is 1.81. The second-order valence-corrected chi connectivity index (χ2v) is 4.65. The third-order valence-electron chi connectivity index (χ3n) is 2.92. The van der Waals surface area contributed by atoms with E-state index in [4.69, 9.17) is 0 Å². The maximum absolute atomic E-state index is 4.31. The molecule has 0 aromatic carbocycles. The SMILES string of the molecule is CCn1ncnc1CC(CCC(C)C)NC. The van der Waals surface area contributed by atoms with Gasteiger partial charge in [-0.1, -0.05) is 13.8 Å². The molecule has 1 atom stereocenters. The normalized spacial score (nSPS) is 13.3. The second-order valence-electron chi connectivity index (χ2n) is 4.65. The van der Waals surface area contributed by atoms with Crippen LogP contribution in [0.2, 0.25) is 0 Å². The number of nitrogens with one attached hydrogen (secondary N) is 1. The molecule has 1 aromatic heterocycles. The maximum Gasteiger partial charge on any atom is 0.138 e. The number of aryl methyl sites for hydroxylation is 1. The van der Waals surface area contributed by atoms with Crippen LogP contribution in [0.4, 0.5) is 0 Å². The van der Waals surface area contributed by atoms with E-state index in [9.17, 15) is 0 Å². The lowest BCUT2D eigenvalue weighted by molar-refractivity contribution is 0.436. The Bertz CT molecular complexity index is 293. The zero-order valence-corrected chi connectivity index (χ0v) is 10.9. The monoisotopic (exact) mass is 224 g/mol. The Hall–Kier alpha value is -0.900. The van der Waals surface area contributed by atoms with Crippen LogP contribution in [-0.4, -0.2) is 27.9 Å². The van der Waals surface area contributed by atoms with Gasteiger partial charge in [-0.3, -0.25) is 4.68 Å². The van der Waals surface area contributed by atoms with Gasteiger partial charge in [0.2, 0.25) is 0 Å². The fraction of sp³-hybridized carbons (Fsp3) is 0.833. The molecule has 1 rings (SSSR count). The fourth-order valence-corrected chi connectivity index (χ4v) is 1.81. The summed E-state index contributed by atoms with van der Waals surface area (Å²) in [5.41, 5.74) is 0. The first-order valence-corrected chi connectivity index (χ1v) is 6.21. The molecule has 16 heavy (non-hydrogen) atoms. The molecular weight excluding hydrogens is 200 g/mol. The maximum atomic E-state index is 4.31. The highest BCUT2D eigenvalue weighted by Crippen LogP contribution is 2.10. The largest absolute Gasteiger partial charge is 0.317 e. The van der Waals surface area contributed by atoms with Gasteiger partial charge < -0.3 is 5.32 Å². The Morgan fingerprint density at radius 1 is 1.38 bits per heavy atom. The van der Waals surface area contributed by atoms with E-state index >= 15 is 0 Å². The number of hydrogen-bond acceptors (Lipinski definition) is 3. The van der Waals surface area contributed by atoms with E-state index in [1.165, 1.54) is 12.8 Å². The molecule has 4 nitrogen and oxygen atoms in total. The Balaban J connectivity index is 2.49. The summed E-state index contributed by atoms with van der Waals surface area (Å²) in [6.07, 6.45) is 5.07. The van der Waals surface area contributed by atoms with Crippen LogP contribution < -0.4 is 5.32 Å². The highest BCUT2D eigenvalue weighted by Gasteiger charge is 2.12. The third-order valence-corrected chi connectivity index (χ3v) is 2.92. The van der Waals surface area contributed by atoms with E-state index in [1.54, 1.807) is 6.33 Å². The van der Waals surface area contributed by atoms with Crippen LogP contribution in [0, 0.1) is 5.92 Å². The van der Waals surface area contributed by atoms with Gasteiger partial charge in [-0.05, 0) is 32.7 Å². The highest BCUT2D eigenvalue weighted by atomic mass is 15.3. The van der Waals surface area contributed by atoms with E-state index in [-0.39, 0.29) is 0 Å². The summed E-state index contributed by atoms with van der Waals surface area (Å²) >= 11 is 0. The minimum atomic E-state index is 0.511. The molecule has 1 aromatic rings. The van der Waals surface area contributed by atoms with Crippen LogP contribution in [0.5, 0.6) is 0 Å². The van der Waals surface area contributed by atoms with Crippen molar-refractivity contribution in [3.8, 4) is 0 Å². The number of hydrogen-bond donors (Lipinski definition) is 1. The van der Waals surface area contributed by atoms with Crippen molar-refractivity contribution in [2.24, 2.45) is 5.92 Å². The summed E-state index contributed by atoms with van der Waals surface area (Å²) in [5.74, 6) is 1.85. The molecule has 0 aliphatic carbocycles. The minimum absolute atomic E-state index is 0.511. The predicted octanol–water partition coefficient (Wildman–Crippen LogP) is 1.86. The van der Waals surface area contributed by atoms with Gasteiger partial charge >= 0.3 is 0 Å². The van der Waals surface area contributed by atoms with Crippen molar-refractivity contribution in [1.29, 1.82) is 0 Å². The summed E-state index contributed by atoms with van der Waals surface area (Å²) in [6.45, 7) is 7.53. The van der Waals surface area contributed by atoms with Crippen LogP contribution in [0.25, 0.3) is 0 Å². The lowest BCUT2D eigenvalue weighted by atomic mass is 10.0. The minimum Gasteiger partial charge on any atom is -0.317 e. The molecule has 0 spiro atoms. The Morgan fingerprint density at radius 3 is 2.69 bits per heavy atom. The van der Waals surface area contributed by atoms with Crippen LogP contribution >= 0.6 is 0 Å². The second kappa shape index (κ2) is 6.63. The lowest BCUT2D eigenvalue weighted by Gasteiger charge is -2.16. The topological polar surface area (TPSA) is 42.7 Å². The molecule has 0 aliphatic heterocycles. The molecule has 0 bridgehead atoms.